The normalized spacial score (nSPS) is 16.2. The zero-order valence-corrected chi connectivity index (χ0v) is 14.7. The molecule has 1 fully saturated rings. The SMILES string of the molecule is O=S(=O)(c1ccccc1)n1c(C=CC2CCCC2)cc2cccnc21. The zero-order valence-electron chi connectivity index (χ0n) is 13.9. The zero-order chi connectivity index (χ0) is 17.3. The molecule has 2 aromatic heterocycles. The molecule has 1 aliphatic rings. The van der Waals surface area contributed by atoms with Gasteiger partial charge in [0.1, 0.15) is 0 Å². The fourth-order valence-electron chi connectivity index (χ4n) is 3.48. The van der Waals surface area contributed by atoms with Crippen molar-refractivity contribution in [3.05, 3.63) is 66.5 Å². The van der Waals surface area contributed by atoms with Gasteiger partial charge in [0, 0.05) is 11.6 Å². The molecule has 0 aliphatic heterocycles. The molecule has 3 aromatic rings. The van der Waals surface area contributed by atoms with Crippen molar-refractivity contribution in [2.24, 2.45) is 5.92 Å². The van der Waals surface area contributed by atoms with Gasteiger partial charge in [0.15, 0.2) is 5.65 Å². The highest BCUT2D eigenvalue weighted by Crippen LogP contribution is 2.29. The molecule has 0 amide bonds. The van der Waals surface area contributed by atoms with Gasteiger partial charge < -0.3 is 0 Å². The van der Waals surface area contributed by atoms with Gasteiger partial charge in [0.2, 0.25) is 0 Å². The highest BCUT2D eigenvalue weighted by molar-refractivity contribution is 7.90. The molecule has 128 valence electrons. The second-order valence-corrected chi connectivity index (χ2v) is 8.26. The first-order valence-electron chi connectivity index (χ1n) is 8.61. The van der Waals surface area contributed by atoms with Crippen molar-refractivity contribution in [2.45, 2.75) is 30.6 Å². The molecule has 0 bridgehead atoms. The summed E-state index contributed by atoms with van der Waals surface area (Å²) in [5.74, 6) is 0.541. The van der Waals surface area contributed by atoms with Crippen LogP contribution in [-0.2, 0) is 10.0 Å². The molecule has 1 aliphatic carbocycles. The van der Waals surface area contributed by atoms with Gasteiger partial charge in [-0.15, -0.1) is 0 Å². The van der Waals surface area contributed by atoms with E-state index in [4.69, 9.17) is 0 Å². The van der Waals surface area contributed by atoms with E-state index < -0.39 is 10.0 Å². The Balaban J connectivity index is 1.88. The minimum atomic E-state index is -3.70. The summed E-state index contributed by atoms with van der Waals surface area (Å²) in [6.45, 7) is 0. The molecule has 0 radical (unpaired) electrons. The number of rotatable bonds is 4. The third-order valence-electron chi connectivity index (χ3n) is 4.77. The lowest BCUT2D eigenvalue weighted by Crippen LogP contribution is -2.14. The van der Waals surface area contributed by atoms with Crippen LogP contribution >= 0.6 is 0 Å². The molecule has 1 aromatic carbocycles. The molecular formula is C20H20N2O2S. The predicted octanol–water partition coefficient (Wildman–Crippen LogP) is 4.48. The van der Waals surface area contributed by atoms with E-state index in [9.17, 15) is 8.42 Å². The highest BCUT2D eigenvalue weighted by atomic mass is 32.2. The highest BCUT2D eigenvalue weighted by Gasteiger charge is 2.23. The summed E-state index contributed by atoms with van der Waals surface area (Å²) in [5, 5.41) is 0.827. The van der Waals surface area contributed by atoms with Gasteiger partial charge in [-0.25, -0.2) is 17.4 Å². The Morgan fingerprint density at radius 3 is 2.56 bits per heavy atom. The third-order valence-corrected chi connectivity index (χ3v) is 6.50. The maximum atomic E-state index is 13.2. The number of hydrogen-bond acceptors (Lipinski definition) is 3. The van der Waals surface area contributed by atoms with Crippen molar-refractivity contribution in [1.82, 2.24) is 8.96 Å². The van der Waals surface area contributed by atoms with Gasteiger partial charge in [-0.3, -0.25) is 0 Å². The van der Waals surface area contributed by atoms with Crippen molar-refractivity contribution in [3.8, 4) is 0 Å². The number of allylic oxidation sites excluding steroid dienone is 1. The van der Waals surface area contributed by atoms with Crippen LogP contribution in [0.15, 0.2) is 65.7 Å². The summed E-state index contributed by atoms with van der Waals surface area (Å²) >= 11 is 0. The summed E-state index contributed by atoms with van der Waals surface area (Å²) in [6, 6.07) is 14.1. The fourth-order valence-corrected chi connectivity index (χ4v) is 4.97. The first-order chi connectivity index (χ1) is 12.2. The van der Waals surface area contributed by atoms with Gasteiger partial charge in [0.25, 0.3) is 10.0 Å². The largest absolute Gasteiger partial charge is 0.269 e. The Kier molecular flexibility index (Phi) is 4.17. The van der Waals surface area contributed by atoms with Crippen LogP contribution < -0.4 is 0 Å². The van der Waals surface area contributed by atoms with Crippen molar-refractivity contribution in [2.75, 3.05) is 0 Å². The number of aromatic nitrogens is 2. The number of benzene rings is 1. The topological polar surface area (TPSA) is 52.0 Å². The van der Waals surface area contributed by atoms with E-state index in [0.717, 1.165) is 5.39 Å². The minimum Gasteiger partial charge on any atom is -0.237 e. The lowest BCUT2D eigenvalue weighted by atomic mass is 10.1. The van der Waals surface area contributed by atoms with Crippen LogP contribution in [0.4, 0.5) is 0 Å². The number of fused-ring (bicyclic) bond motifs is 1. The molecule has 0 spiro atoms. The van der Waals surface area contributed by atoms with Crippen LogP contribution in [0.1, 0.15) is 31.4 Å². The van der Waals surface area contributed by atoms with Crippen LogP contribution in [0.25, 0.3) is 17.1 Å². The summed E-state index contributed by atoms with van der Waals surface area (Å²) in [7, 11) is -3.70. The molecule has 0 saturated heterocycles. The standard InChI is InChI=1S/C20H20N2O2S/c23-25(24,19-10-2-1-3-11-19)22-18(13-12-16-7-4-5-8-16)15-17-9-6-14-21-20(17)22/h1-3,6,9-16H,4-5,7-8H2. The average Bonchev–Trinajstić information content (AvgIpc) is 3.28. The van der Waals surface area contributed by atoms with Crippen molar-refractivity contribution in [3.63, 3.8) is 0 Å². The van der Waals surface area contributed by atoms with Gasteiger partial charge in [0.05, 0.1) is 10.6 Å². The molecule has 2 heterocycles. The molecular weight excluding hydrogens is 332 g/mol. The summed E-state index contributed by atoms with van der Waals surface area (Å²) in [6.07, 6.45) is 10.6. The lowest BCUT2D eigenvalue weighted by molar-refractivity contribution is 0.588. The van der Waals surface area contributed by atoms with E-state index in [0.29, 0.717) is 17.3 Å². The van der Waals surface area contributed by atoms with Crippen LogP contribution in [-0.4, -0.2) is 17.4 Å². The third kappa shape index (κ3) is 3.00. The molecule has 25 heavy (non-hydrogen) atoms. The van der Waals surface area contributed by atoms with E-state index in [1.165, 1.54) is 29.7 Å². The fraction of sp³-hybridized carbons (Fsp3) is 0.250. The van der Waals surface area contributed by atoms with Gasteiger partial charge >= 0.3 is 0 Å². The van der Waals surface area contributed by atoms with Crippen LogP contribution in [0, 0.1) is 5.92 Å². The molecule has 1 saturated carbocycles. The van der Waals surface area contributed by atoms with Gasteiger partial charge in [-0.1, -0.05) is 37.1 Å². The first kappa shape index (κ1) is 16.1. The lowest BCUT2D eigenvalue weighted by Gasteiger charge is -2.10. The summed E-state index contributed by atoms with van der Waals surface area (Å²) < 4.78 is 27.8. The molecule has 5 heteroatoms. The first-order valence-corrected chi connectivity index (χ1v) is 10.1. The van der Waals surface area contributed by atoms with E-state index in [1.54, 1.807) is 30.5 Å². The van der Waals surface area contributed by atoms with Crippen LogP contribution in [0.3, 0.4) is 0 Å². The minimum absolute atomic E-state index is 0.272. The number of nitrogens with zero attached hydrogens (tertiary/aromatic N) is 2. The Bertz CT molecular complexity index is 1010. The monoisotopic (exact) mass is 352 g/mol. The predicted molar refractivity (Wildman–Crippen MR) is 99.8 cm³/mol. The second-order valence-electron chi connectivity index (χ2n) is 6.47. The van der Waals surface area contributed by atoms with E-state index in [2.05, 4.69) is 11.1 Å². The van der Waals surface area contributed by atoms with E-state index in [1.807, 2.05) is 30.3 Å². The Morgan fingerprint density at radius 2 is 1.80 bits per heavy atom. The smallest absolute Gasteiger partial charge is 0.237 e. The molecule has 0 unspecified atom stereocenters. The Morgan fingerprint density at radius 1 is 1.04 bits per heavy atom. The summed E-state index contributed by atoms with van der Waals surface area (Å²) in [4.78, 5) is 4.60. The van der Waals surface area contributed by atoms with Gasteiger partial charge in [-0.2, -0.15) is 0 Å². The second kappa shape index (κ2) is 6.48. The van der Waals surface area contributed by atoms with Crippen LogP contribution in [0.2, 0.25) is 0 Å². The molecule has 4 rings (SSSR count). The maximum Gasteiger partial charge on any atom is 0.269 e. The number of pyridine rings is 1. The maximum absolute atomic E-state index is 13.2. The molecule has 0 atom stereocenters. The van der Waals surface area contributed by atoms with E-state index in [-0.39, 0.29) is 4.90 Å². The average molecular weight is 352 g/mol. The van der Waals surface area contributed by atoms with Crippen molar-refractivity contribution < 1.29 is 8.42 Å². The van der Waals surface area contributed by atoms with Crippen molar-refractivity contribution >= 4 is 27.1 Å². The van der Waals surface area contributed by atoms with Crippen molar-refractivity contribution in [1.29, 1.82) is 0 Å². The van der Waals surface area contributed by atoms with Gasteiger partial charge in [-0.05, 0) is 55.2 Å². The van der Waals surface area contributed by atoms with E-state index >= 15 is 0 Å². The molecule has 4 nitrogen and oxygen atoms in total. The van der Waals surface area contributed by atoms with Crippen LogP contribution in [0.5, 0.6) is 0 Å². The Labute approximate surface area is 147 Å². The Hall–Kier alpha value is -2.40. The quantitative estimate of drug-likeness (QED) is 0.696. The molecule has 0 N–H and O–H groups in total. The summed E-state index contributed by atoms with van der Waals surface area (Å²) in [5.41, 5.74) is 1.13. The number of hydrogen-bond donors (Lipinski definition) is 0.